The molecule has 0 bridgehead atoms. The van der Waals surface area contributed by atoms with Crippen molar-refractivity contribution in [2.75, 3.05) is 0 Å². The maximum absolute atomic E-state index is 13.5. The molecule has 2 aromatic rings. The second-order valence-corrected chi connectivity index (χ2v) is 3.63. The maximum atomic E-state index is 13.5. The van der Waals surface area contributed by atoms with Crippen molar-refractivity contribution in [3.63, 3.8) is 0 Å². The van der Waals surface area contributed by atoms with Crippen molar-refractivity contribution in [2.24, 2.45) is 0 Å². The Bertz CT molecular complexity index is 659. The van der Waals surface area contributed by atoms with Crippen molar-refractivity contribution >= 4 is 16.8 Å². The third kappa shape index (κ3) is 1.78. The molecule has 0 aliphatic carbocycles. The smallest absolute Gasteiger partial charge is 0.275 e. The SMILES string of the molecule is Cc1cc(C(=O)NO)c2cc(F)c(F)c(F)c2n1. The van der Waals surface area contributed by atoms with E-state index in [2.05, 4.69) is 4.98 Å². The number of rotatable bonds is 1. The van der Waals surface area contributed by atoms with Gasteiger partial charge < -0.3 is 0 Å². The van der Waals surface area contributed by atoms with E-state index in [-0.39, 0.29) is 16.6 Å². The molecular formula is C11H7F3N2O2. The average molecular weight is 256 g/mol. The second-order valence-electron chi connectivity index (χ2n) is 3.63. The quantitative estimate of drug-likeness (QED) is 0.466. The van der Waals surface area contributed by atoms with Crippen molar-refractivity contribution < 1.29 is 23.2 Å². The van der Waals surface area contributed by atoms with E-state index in [1.54, 1.807) is 0 Å². The van der Waals surface area contributed by atoms with Crippen molar-refractivity contribution in [3.8, 4) is 0 Å². The predicted octanol–water partition coefficient (Wildman–Crippen LogP) is 2.08. The van der Waals surface area contributed by atoms with Gasteiger partial charge in [0.05, 0.1) is 5.56 Å². The average Bonchev–Trinajstić information content (AvgIpc) is 2.35. The number of amides is 1. The number of hydrogen-bond donors (Lipinski definition) is 2. The number of carbonyl (C=O) groups is 1. The fourth-order valence-corrected chi connectivity index (χ4v) is 1.64. The summed E-state index contributed by atoms with van der Waals surface area (Å²) in [4.78, 5) is 15.1. The van der Waals surface area contributed by atoms with Crippen molar-refractivity contribution in [1.82, 2.24) is 10.5 Å². The van der Waals surface area contributed by atoms with E-state index in [9.17, 15) is 18.0 Å². The number of carbonyl (C=O) groups excluding carboxylic acids is 1. The van der Waals surface area contributed by atoms with E-state index < -0.39 is 28.9 Å². The molecule has 2 rings (SSSR count). The van der Waals surface area contributed by atoms with Crippen LogP contribution in [0, 0.1) is 24.4 Å². The Kier molecular flexibility index (Phi) is 2.92. The summed E-state index contributed by atoms with van der Waals surface area (Å²) in [5.74, 6) is -5.52. The van der Waals surface area contributed by atoms with Crippen LogP contribution in [0.3, 0.4) is 0 Å². The van der Waals surface area contributed by atoms with Gasteiger partial charge in [0.1, 0.15) is 5.52 Å². The summed E-state index contributed by atoms with van der Waals surface area (Å²) >= 11 is 0. The number of hydroxylamine groups is 1. The molecule has 2 N–H and O–H groups in total. The first-order valence-electron chi connectivity index (χ1n) is 4.85. The number of halogens is 3. The molecule has 0 spiro atoms. The second kappa shape index (κ2) is 4.26. The highest BCUT2D eigenvalue weighted by atomic mass is 19.2. The zero-order chi connectivity index (χ0) is 13.4. The highest BCUT2D eigenvalue weighted by molar-refractivity contribution is 6.05. The third-order valence-electron chi connectivity index (χ3n) is 2.41. The first-order chi connectivity index (χ1) is 8.45. The summed E-state index contributed by atoms with van der Waals surface area (Å²) in [7, 11) is 0. The largest absolute Gasteiger partial charge is 0.288 e. The van der Waals surface area contributed by atoms with Crippen LogP contribution >= 0.6 is 0 Å². The lowest BCUT2D eigenvalue weighted by Gasteiger charge is -2.07. The lowest BCUT2D eigenvalue weighted by atomic mass is 10.1. The molecule has 7 heteroatoms. The van der Waals surface area contributed by atoms with Crippen molar-refractivity contribution in [1.29, 1.82) is 0 Å². The van der Waals surface area contributed by atoms with Crippen molar-refractivity contribution in [3.05, 3.63) is 40.8 Å². The van der Waals surface area contributed by atoms with Gasteiger partial charge in [-0.05, 0) is 19.1 Å². The Balaban J connectivity index is 2.92. The summed E-state index contributed by atoms with van der Waals surface area (Å²) in [5, 5.41) is 8.33. The zero-order valence-corrected chi connectivity index (χ0v) is 9.09. The van der Waals surface area contributed by atoms with Gasteiger partial charge in [-0.15, -0.1) is 0 Å². The van der Waals surface area contributed by atoms with Crippen LogP contribution in [-0.2, 0) is 0 Å². The number of nitrogens with one attached hydrogen (secondary N) is 1. The molecule has 1 aromatic heterocycles. The van der Waals surface area contributed by atoms with Gasteiger partial charge in [0.25, 0.3) is 5.91 Å². The highest BCUT2D eigenvalue weighted by Gasteiger charge is 2.19. The Morgan fingerprint density at radius 3 is 2.56 bits per heavy atom. The fraction of sp³-hybridized carbons (Fsp3) is 0.0909. The number of pyridine rings is 1. The Labute approximate surface area is 99.0 Å². The van der Waals surface area contributed by atoms with Crippen LogP contribution in [0.25, 0.3) is 10.9 Å². The van der Waals surface area contributed by atoms with Gasteiger partial charge in [-0.25, -0.2) is 23.6 Å². The van der Waals surface area contributed by atoms with Crippen LogP contribution < -0.4 is 5.48 Å². The molecule has 0 saturated carbocycles. The molecule has 1 aromatic carbocycles. The monoisotopic (exact) mass is 256 g/mol. The molecule has 94 valence electrons. The van der Waals surface area contributed by atoms with Crippen LogP contribution in [0.1, 0.15) is 16.1 Å². The molecular weight excluding hydrogens is 249 g/mol. The minimum atomic E-state index is -1.66. The van der Waals surface area contributed by atoms with E-state index >= 15 is 0 Å². The summed E-state index contributed by atoms with van der Waals surface area (Å²) in [6.07, 6.45) is 0. The Morgan fingerprint density at radius 1 is 1.28 bits per heavy atom. The molecule has 0 aliphatic heterocycles. The fourth-order valence-electron chi connectivity index (χ4n) is 1.64. The van der Waals surface area contributed by atoms with Crippen molar-refractivity contribution in [2.45, 2.75) is 6.92 Å². The number of aromatic nitrogens is 1. The molecule has 1 heterocycles. The molecule has 0 fully saturated rings. The molecule has 0 atom stereocenters. The van der Waals surface area contributed by atoms with Crippen LogP contribution in [0.2, 0.25) is 0 Å². The Morgan fingerprint density at radius 2 is 1.94 bits per heavy atom. The van der Waals surface area contributed by atoms with Gasteiger partial charge >= 0.3 is 0 Å². The molecule has 4 nitrogen and oxygen atoms in total. The van der Waals surface area contributed by atoms with E-state index in [0.29, 0.717) is 6.07 Å². The number of fused-ring (bicyclic) bond motifs is 1. The van der Waals surface area contributed by atoms with E-state index in [4.69, 9.17) is 5.21 Å². The lowest BCUT2D eigenvalue weighted by molar-refractivity contribution is 0.0708. The van der Waals surface area contributed by atoms with Gasteiger partial charge in [-0.3, -0.25) is 10.0 Å². The van der Waals surface area contributed by atoms with Gasteiger partial charge in [0, 0.05) is 11.1 Å². The van der Waals surface area contributed by atoms with E-state index in [1.807, 2.05) is 0 Å². The van der Waals surface area contributed by atoms with E-state index in [1.165, 1.54) is 18.5 Å². The highest BCUT2D eigenvalue weighted by Crippen LogP contribution is 2.25. The van der Waals surface area contributed by atoms with Crippen LogP contribution in [0.5, 0.6) is 0 Å². The first kappa shape index (κ1) is 12.3. The normalized spacial score (nSPS) is 10.7. The van der Waals surface area contributed by atoms with Gasteiger partial charge in [0.2, 0.25) is 0 Å². The van der Waals surface area contributed by atoms with Crippen LogP contribution in [-0.4, -0.2) is 16.1 Å². The van der Waals surface area contributed by atoms with Crippen LogP contribution in [0.15, 0.2) is 12.1 Å². The maximum Gasteiger partial charge on any atom is 0.275 e. The zero-order valence-electron chi connectivity index (χ0n) is 9.09. The lowest BCUT2D eigenvalue weighted by Crippen LogP contribution is -2.19. The van der Waals surface area contributed by atoms with Crippen LogP contribution in [0.4, 0.5) is 13.2 Å². The third-order valence-corrected chi connectivity index (χ3v) is 2.41. The number of hydrogen-bond acceptors (Lipinski definition) is 3. The summed E-state index contributed by atoms with van der Waals surface area (Å²) in [6, 6.07) is 1.88. The Hall–Kier alpha value is -2.15. The molecule has 1 amide bonds. The number of nitrogens with zero attached hydrogens (tertiary/aromatic N) is 1. The minimum absolute atomic E-state index is 0.196. The van der Waals surface area contributed by atoms with Gasteiger partial charge in [0.15, 0.2) is 17.5 Å². The summed E-state index contributed by atoms with van der Waals surface area (Å²) < 4.78 is 39.7. The van der Waals surface area contributed by atoms with Gasteiger partial charge in [-0.2, -0.15) is 0 Å². The summed E-state index contributed by atoms with van der Waals surface area (Å²) in [5.41, 5.74) is 0.915. The summed E-state index contributed by atoms with van der Waals surface area (Å²) in [6.45, 7) is 1.45. The molecule has 18 heavy (non-hydrogen) atoms. The van der Waals surface area contributed by atoms with Gasteiger partial charge in [-0.1, -0.05) is 0 Å². The standard InChI is InChI=1S/C11H7F3N2O2/c1-4-2-6(11(17)16-18)5-3-7(12)8(13)9(14)10(5)15-4/h2-3,18H,1H3,(H,16,17). The van der Waals surface area contributed by atoms with E-state index in [0.717, 1.165) is 0 Å². The number of aryl methyl sites for hydroxylation is 1. The topological polar surface area (TPSA) is 62.2 Å². The number of benzene rings is 1. The molecule has 0 radical (unpaired) electrons. The molecule has 0 saturated heterocycles. The molecule has 0 unspecified atom stereocenters. The first-order valence-corrected chi connectivity index (χ1v) is 4.85. The molecule has 0 aliphatic rings. The predicted molar refractivity (Wildman–Crippen MR) is 55.6 cm³/mol. The minimum Gasteiger partial charge on any atom is -0.288 e.